The number of aryl methyl sites for hydroxylation is 1. The Bertz CT molecular complexity index is 493. The molecular weight excluding hydrogens is 213 g/mol. The third-order valence-corrected chi connectivity index (χ3v) is 2.86. The number of carbonyl (C=O) groups excluding carboxylic acids is 1. The fourth-order valence-electron chi connectivity index (χ4n) is 1.20. The molecule has 1 aromatic heterocycles. The molecule has 4 heteroatoms. The van der Waals surface area contributed by atoms with E-state index in [1.165, 1.54) is 23.6 Å². The minimum absolute atomic E-state index is 0.184. The molecule has 76 valence electrons. The van der Waals surface area contributed by atoms with Gasteiger partial charge in [0.05, 0.1) is 10.4 Å². The van der Waals surface area contributed by atoms with Gasteiger partial charge in [0, 0.05) is 11.8 Å². The van der Waals surface area contributed by atoms with Gasteiger partial charge in [-0.2, -0.15) is 0 Å². The van der Waals surface area contributed by atoms with E-state index in [0.29, 0.717) is 16.0 Å². The Labute approximate surface area is 90.4 Å². The second-order valence-corrected chi connectivity index (χ2v) is 4.05. The van der Waals surface area contributed by atoms with E-state index < -0.39 is 0 Å². The van der Waals surface area contributed by atoms with E-state index in [4.69, 9.17) is 0 Å². The number of aromatic nitrogens is 1. The first-order valence-electron chi connectivity index (χ1n) is 4.38. The van der Waals surface area contributed by atoms with E-state index in [1.807, 2.05) is 0 Å². The Morgan fingerprint density at radius 2 is 2.27 bits per heavy atom. The molecule has 2 nitrogen and oxygen atoms in total. The van der Waals surface area contributed by atoms with Gasteiger partial charge in [-0.05, 0) is 18.6 Å². The Kier molecular flexibility index (Phi) is 2.60. The monoisotopic (exact) mass is 221 g/mol. The van der Waals surface area contributed by atoms with Gasteiger partial charge in [-0.3, -0.25) is 9.78 Å². The molecule has 1 aromatic carbocycles. The van der Waals surface area contributed by atoms with Crippen LogP contribution in [0.5, 0.6) is 0 Å². The molecule has 0 fully saturated rings. The topological polar surface area (TPSA) is 30.0 Å². The highest BCUT2D eigenvalue weighted by Crippen LogP contribution is 2.15. The SMILES string of the molecule is Cc1ccc(C(=O)c2cncs2)cc1F. The molecule has 0 radical (unpaired) electrons. The van der Waals surface area contributed by atoms with Crippen LogP contribution in [0, 0.1) is 12.7 Å². The summed E-state index contributed by atoms with van der Waals surface area (Å²) in [4.78, 5) is 16.1. The average Bonchev–Trinajstić information content (AvgIpc) is 2.74. The van der Waals surface area contributed by atoms with Gasteiger partial charge in [-0.15, -0.1) is 11.3 Å². The van der Waals surface area contributed by atoms with Crippen molar-refractivity contribution in [1.82, 2.24) is 4.98 Å². The highest BCUT2D eigenvalue weighted by Gasteiger charge is 2.11. The van der Waals surface area contributed by atoms with Gasteiger partial charge in [0.1, 0.15) is 5.82 Å². The van der Waals surface area contributed by atoms with Crippen LogP contribution in [0.4, 0.5) is 4.39 Å². The lowest BCUT2D eigenvalue weighted by atomic mass is 10.1. The molecule has 0 bridgehead atoms. The molecule has 0 spiro atoms. The molecule has 2 rings (SSSR count). The second-order valence-electron chi connectivity index (χ2n) is 3.16. The van der Waals surface area contributed by atoms with E-state index in [2.05, 4.69) is 4.98 Å². The van der Waals surface area contributed by atoms with Crippen molar-refractivity contribution in [2.75, 3.05) is 0 Å². The van der Waals surface area contributed by atoms with Crippen molar-refractivity contribution in [1.29, 1.82) is 0 Å². The minimum Gasteiger partial charge on any atom is -0.288 e. The molecule has 15 heavy (non-hydrogen) atoms. The smallest absolute Gasteiger partial charge is 0.204 e. The highest BCUT2D eigenvalue weighted by molar-refractivity contribution is 7.11. The fraction of sp³-hybridized carbons (Fsp3) is 0.0909. The maximum Gasteiger partial charge on any atom is 0.204 e. The van der Waals surface area contributed by atoms with Crippen molar-refractivity contribution < 1.29 is 9.18 Å². The number of hydrogen-bond donors (Lipinski definition) is 0. The highest BCUT2D eigenvalue weighted by atomic mass is 32.1. The third kappa shape index (κ3) is 1.94. The molecule has 0 unspecified atom stereocenters. The maximum absolute atomic E-state index is 13.2. The summed E-state index contributed by atoms with van der Waals surface area (Å²) in [6.45, 7) is 1.66. The average molecular weight is 221 g/mol. The summed E-state index contributed by atoms with van der Waals surface area (Å²) in [7, 11) is 0. The van der Waals surface area contributed by atoms with Crippen LogP contribution in [-0.4, -0.2) is 10.8 Å². The van der Waals surface area contributed by atoms with Crippen LogP contribution in [0.15, 0.2) is 29.9 Å². The molecule has 2 aromatic rings. The van der Waals surface area contributed by atoms with Crippen molar-refractivity contribution in [3.05, 3.63) is 51.7 Å². The van der Waals surface area contributed by atoms with Gasteiger partial charge >= 0.3 is 0 Å². The number of hydrogen-bond acceptors (Lipinski definition) is 3. The first-order chi connectivity index (χ1) is 7.18. The molecule has 0 amide bonds. The molecule has 0 saturated heterocycles. The predicted octanol–water partition coefficient (Wildman–Crippen LogP) is 2.82. The van der Waals surface area contributed by atoms with E-state index in [0.717, 1.165) is 0 Å². The number of benzene rings is 1. The van der Waals surface area contributed by atoms with Gasteiger partial charge < -0.3 is 0 Å². The molecule has 0 N–H and O–H groups in total. The molecule has 1 heterocycles. The van der Waals surface area contributed by atoms with E-state index in [1.54, 1.807) is 24.6 Å². The first-order valence-corrected chi connectivity index (χ1v) is 5.26. The van der Waals surface area contributed by atoms with Gasteiger partial charge in [0.25, 0.3) is 0 Å². The molecule has 0 atom stereocenters. The van der Waals surface area contributed by atoms with E-state index in [9.17, 15) is 9.18 Å². The molecule has 0 aliphatic carbocycles. The van der Waals surface area contributed by atoms with Crippen molar-refractivity contribution >= 4 is 17.1 Å². The summed E-state index contributed by atoms with van der Waals surface area (Å²) in [5, 5.41) is 0. The lowest BCUT2D eigenvalue weighted by Gasteiger charge is -2.00. The van der Waals surface area contributed by atoms with Crippen molar-refractivity contribution in [2.24, 2.45) is 0 Å². The van der Waals surface area contributed by atoms with Crippen LogP contribution in [0.2, 0.25) is 0 Å². The van der Waals surface area contributed by atoms with Crippen LogP contribution in [0.25, 0.3) is 0 Å². The lowest BCUT2D eigenvalue weighted by Crippen LogP contribution is -1.99. The normalized spacial score (nSPS) is 10.3. The van der Waals surface area contributed by atoms with Crippen LogP contribution < -0.4 is 0 Å². The summed E-state index contributed by atoms with van der Waals surface area (Å²) >= 11 is 1.25. The molecule has 0 aliphatic heterocycles. The zero-order valence-corrected chi connectivity index (χ0v) is 8.84. The summed E-state index contributed by atoms with van der Waals surface area (Å²) in [6.07, 6.45) is 1.49. The largest absolute Gasteiger partial charge is 0.288 e. The lowest BCUT2D eigenvalue weighted by molar-refractivity contribution is 0.104. The van der Waals surface area contributed by atoms with Crippen molar-refractivity contribution in [3.63, 3.8) is 0 Å². The van der Waals surface area contributed by atoms with Gasteiger partial charge in [0.15, 0.2) is 0 Å². The zero-order valence-electron chi connectivity index (χ0n) is 8.03. The summed E-state index contributed by atoms with van der Waals surface area (Å²) < 4.78 is 13.2. The number of nitrogens with zero attached hydrogens (tertiary/aromatic N) is 1. The second kappa shape index (κ2) is 3.90. The molecule has 0 aliphatic rings. The number of thiazole rings is 1. The Morgan fingerprint density at radius 1 is 1.47 bits per heavy atom. The van der Waals surface area contributed by atoms with Gasteiger partial charge in [0.2, 0.25) is 5.78 Å². The number of ketones is 1. The summed E-state index contributed by atoms with van der Waals surface area (Å²) in [6, 6.07) is 4.49. The molecular formula is C11H8FNOS. The van der Waals surface area contributed by atoms with Crippen LogP contribution >= 0.6 is 11.3 Å². The fourth-order valence-corrected chi connectivity index (χ4v) is 1.79. The molecule has 0 saturated carbocycles. The van der Waals surface area contributed by atoms with Crippen molar-refractivity contribution in [3.8, 4) is 0 Å². The number of carbonyl (C=O) groups is 1. The number of halogens is 1. The quantitative estimate of drug-likeness (QED) is 0.730. The minimum atomic E-state index is -0.356. The standard InChI is InChI=1S/C11H8FNOS/c1-7-2-3-8(4-9(7)12)11(14)10-5-13-6-15-10/h2-6H,1H3. The van der Waals surface area contributed by atoms with Crippen molar-refractivity contribution in [2.45, 2.75) is 6.92 Å². The van der Waals surface area contributed by atoms with Gasteiger partial charge in [-0.1, -0.05) is 12.1 Å². The Balaban J connectivity index is 2.39. The Morgan fingerprint density at radius 3 is 2.87 bits per heavy atom. The van der Waals surface area contributed by atoms with E-state index in [-0.39, 0.29) is 11.6 Å². The summed E-state index contributed by atoms with van der Waals surface area (Å²) in [5.41, 5.74) is 2.48. The maximum atomic E-state index is 13.2. The summed E-state index contributed by atoms with van der Waals surface area (Å²) in [5.74, 6) is -0.540. The van der Waals surface area contributed by atoms with Crippen LogP contribution in [0.1, 0.15) is 20.8 Å². The van der Waals surface area contributed by atoms with Crippen LogP contribution in [0.3, 0.4) is 0 Å². The third-order valence-electron chi connectivity index (χ3n) is 2.09. The van der Waals surface area contributed by atoms with E-state index >= 15 is 0 Å². The number of rotatable bonds is 2. The predicted molar refractivity (Wildman–Crippen MR) is 56.7 cm³/mol. The van der Waals surface area contributed by atoms with Gasteiger partial charge in [-0.25, -0.2) is 4.39 Å². The Hall–Kier alpha value is -1.55. The first kappa shape index (κ1) is 9.98. The zero-order chi connectivity index (χ0) is 10.8. The van der Waals surface area contributed by atoms with Crippen LogP contribution in [-0.2, 0) is 0 Å².